The summed E-state index contributed by atoms with van der Waals surface area (Å²) in [5.41, 5.74) is 0.545. The molecule has 2 aliphatic rings. The molecule has 0 atom stereocenters. The molecule has 11 heteroatoms. The Labute approximate surface area is 193 Å². The lowest BCUT2D eigenvalue weighted by Gasteiger charge is -2.20. The molecule has 1 N–H and O–H groups in total. The van der Waals surface area contributed by atoms with E-state index in [0.29, 0.717) is 18.8 Å². The zero-order valence-electron chi connectivity index (χ0n) is 17.9. The van der Waals surface area contributed by atoms with Crippen molar-refractivity contribution in [2.75, 3.05) is 22.7 Å². The van der Waals surface area contributed by atoms with Crippen molar-refractivity contribution in [3.8, 4) is 0 Å². The van der Waals surface area contributed by atoms with Crippen molar-refractivity contribution in [2.45, 2.75) is 48.3 Å². The Hall–Kier alpha value is -2.76. The molecule has 2 saturated heterocycles. The summed E-state index contributed by atoms with van der Waals surface area (Å²) in [7, 11) is -7.58. The van der Waals surface area contributed by atoms with Gasteiger partial charge in [0.2, 0.25) is 21.8 Å². The third-order valence-electron chi connectivity index (χ3n) is 5.77. The molecule has 33 heavy (non-hydrogen) atoms. The van der Waals surface area contributed by atoms with Gasteiger partial charge in [-0.3, -0.25) is 19.2 Å². The van der Waals surface area contributed by atoms with Crippen LogP contribution in [0.25, 0.3) is 0 Å². The number of nitrogens with one attached hydrogen (secondary N) is 1. The van der Waals surface area contributed by atoms with Crippen LogP contribution in [0.1, 0.15) is 38.5 Å². The Balaban J connectivity index is 1.48. The normalized spacial score (nSPS) is 18.4. The Morgan fingerprint density at radius 2 is 1.18 bits per heavy atom. The predicted octanol–water partition coefficient (Wildman–Crippen LogP) is 2.71. The van der Waals surface area contributed by atoms with Crippen LogP contribution in [0.3, 0.4) is 0 Å². The quantitative estimate of drug-likeness (QED) is 0.620. The third-order valence-corrected chi connectivity index (χ3v) is 9.08. The van der Waals surface area contributed by atoms with Crippen LogP contribution >= 0.6 is 0 Å². The van der Waals surface area contributed by atoms with E-state index in [-0.39, 0.29) is 40.1 Å². The van der Waals surface area contributed by atoms with Crippen molar-refractivity contribution < 1.29 is 26.4 Å². The molecule has 2 fully saturated rings. The van der Waals surface area contributed by atoms with Crippen LogP contribution in [0.15, 0.2) is 58.3 Å². The molecule has 0 aromatic heterocycles. The highest BCUT2D eigenvalue weighted by Crippen LogP contribution is 2.26. The molecule has 2 aromatic carbocycles. The molecule has 0 unspecified atom stereocenters. The summed E-state index contributed by atoms with van der Waals surface area (Å²) >= 11 is 0. The maximum absolute atomic E-state index is 12.9. The first-order valence-corrected chi connectivity index (χ1v) is 13.7. The molecule has 2 aromatic rings. The second-order valence-corrected chi connectivity index (χ2v) is 11.7. The van der Waals surface area contributed by atoms with E-state index in [4.69, 9.17) is 0 Å². The number of carbonyl (C=O) groups excluding carboxylic acids is 2. The largest absolute Gasteiger partial charge is 0.280 e. The molecule has 176 valence electrons. The molecular weight excluding hydrogens is 466 g/mol. The lowest BCUT2D eigenvalue weighted by atomic mass is 10.2. The first-order chi connectivity index (χ1) is 15.7. The maximum Gasteiger partial charge on any atom is 0.261 e. The summed E-state index contributed by atoms with van der Waals surface area (Å²) in [4.78, 5) is 24.8. The van der Waals surface area contributed by atoms with E-state index in [1.807, 2.05) is 0 Å². The second kappa shape index (κ2) is 9.24. The molecule has 0 radical (unpaired) electrons. The maximum atomic E-state index is 12.9. The standard InChI is InChI=1S/C22H25N3O6S2/c26-21-13-14-22(27)25(21)18-7-11-19(12-8-18)32(28,29)23-17-5-9-20(10-6-17)33(30,31)24-15-3-1-2-4-16-24/h5-12,23H,1-4,13-16H2. The predicted molar refractivity (Wildman–Crippen MR) is 123 cm³/mol. The van der Waals surface area contributed by atoms with Gasteiger partial charge in [0.1, 0.15) is 0 Å². The number of nitrogens with zero attached hydrogens (tertiary/aromatic N) is 2. The van der Waals surface area contributed by atoms with Crippen molar-refractivity contribution >= 4 is 43.2 Å². The number of imide groups is 1. The van der Waals surface area contributed by atoms with Gasteiger partial charge in [-0.15, -0.1) is 0 Å². The van der Waals surface area contributed by atoms with Crippen LogP contribution in [0.2, 0.25) is 0 Å². The molecule has 4 rings (SSSR count). The molecule has 2 amide bonds. The van der Waals surface area contributed by atoms with Crippen molar-refractivity contribution in [3.05, 3.63) is 48.5 Å². The van der Waals surface area contributed by atoms with Crippen LogP contribution in [-0.2, 0) is 29.6 Å². The molecule has 0 spiro atoms. The summed E-state index contributed by atoms with van der Waals surface area (Å²) in [5, 5.41) is 0. The summed E-state index contributed by atoms with van der Waals surface area (Å²) in [6.07, 6.45) is 3.97. The fourth-order valence-corrected chi connectivity index (χ4v) is 6.55. The van der Waals surface area contributed by atoms with Gasteiger partial charge in [-0.1, -0.05) is 12.8 Å². The van der Waals surface area contributed by atoms with Gasteiger partial charge in [0.25, 0.3) is 10.0 Å². The zero-order valence-corrected chi connectivity index (χ0v) is 19.6. The minimum atomic E-state index is -3.95. The van der Waals surface area contributed by atoms with E-state index in [1.165, 1.54) is 52.8 Å². The Bertz CT molecular complexity index is 1230. The smallest absolute Gasteiger partial charge is 0.261 e. The van der Waals surface area contributed by atoms with E-state index in [0.717, 1.165) is 30.6 Å². The van der Waals surface area contributed by atoms with Gasteiger partial charge in [-0.25, -0.2) is 16.8 Å². The summed E-state index contributed by atoms with van der Waals surface area (Å²) in [5.74, 6) is -0.632. The number of hydrogen-bond acceptors (Lipinski definition) is 6. The van der Waals surface area contributed by atoms with Gasteiger partial charge in [-0.2, -0.15) is 4.31 Å². The third kappa shape index (κ3) is 4.94. The number of benzene rings is 2. The topological polar surface area (TPSA) is 121 Å². The Morgan fingerprint density at radius 1 is 0.667 bits per heavy atom. The van der Waals surface area contributed by atoms with Crippen molar-refractivity contribution in [3.63, 3.8) is 0 Å². The SMILES string of the molecule is O=C1CCC(=O)N1c1ccc(S(=O)(=O)Nc2ccc(S(=O)(=O)N3CCCCCC3)cc2)cc1. The van der Waals surface area contributed by atoms with Crippen molar-refractivity contribution in [1.29, 1.82) is 0 Å². The molecular formula is C22H25N3O6S2. The van der Waals surface area contributed by atoms with Crippen LogP contribution < -0.4 is 9.62 Å². The van der Waals surface area contributed by atoms with Crippen LogP contribution in [-0.4, -0.2) is 46.0 Å². The fourth-order valence-electron chi connectivity index (χ4n) is 3.98. The van der Waals surface area contributed by atoms with Crippen LogP contribution in [0, 0.1) is 0 Å². The number of carbonyl (C=O) groups is 2. The van der Waals surface area contributed by atoms with Gasteiger partial charge in [0.15, 0.2) is 0 Å². The van der Waals surface area contributed by atoms with Gasteiger partial charge in [-0.05, 0) is 61.4 Å². The molecule has 0 bridgehead atoms. The monoisotopic (exact) mass is 491 g/mol. The van der Waals surface area contributed by atoms with Gasteiger partial charge >= 0.3 is 0 Å². The summed E-state index contributed by atoms with van der Waals surface area (Å²) in [6, 6.07) is 11.1. The van der Waals surface area contributed by atoms with E-state index in [1.54, 1.807) is 0 Å². The van der Waals surface area contributed by atoms with E-state index in [2.05, 4.69) is 4.72 Å². The summed E-state index contributed by atoms with van der Waals surface area (Å²) in [6.45, 7) is 0.975. The number of hydrogen-bond donors (Lipinski definition) is 1. The lowest BCUT2D eigenvalue weighted by molar-refractivity contribution is -0.121. The van der Waals surface area contributed by atoms with E-state index < -0.39 is 20.0 Å². The van der Waals surface area contributed by atoms with Gasteiger partial charge in [0.05, 0.1) is 15.5 Å². The number of amides is 2. The molecule has 2 heterocycles. The van der Waals surface area contributed by atoms with Crippen LogP contribution in [0.4, 0.5) is 11.4 Å². The molecule has 0 aliphatic carbocycles. The Morgan fingerprint density at radius 3 is 1.73 bits per heavy atom. The number of anilines is 2. The van der Waals surface area contributed by atoms with Crippen molar-refractivity contribution in [2.24, 2.45) is 0 Å². The van der Waals surface area contributed by atoms with Gasteiger partial charge < -0.3 is 0 Å². The summed E-state index contributed by atoms with van der Waals surface area (Å²) < 4.78 is 55.2. The van der Waals surface area contributed by atoms with Crippen molar-refractivity contribution in [1.82, 2.24) is 4.31 Å². The highest BCUT2D eigenvalue weighted by Gasteiger charge is 2.30. The van der Waals surface area contributed by atoms with E-state index >= 15 is 0 Å². The van der Waals surface area contributed by atoms with Gasteiger partial charge in [0, 0.05) is 31.6 Å². The first kappa shape index (κ1) is 23.4. The lowest BCUT2D eigenvalue weighted by Crippen LogP contribution is -2.31. The zero-order chi connectivity index (χ0) is 23.6. The minimum absolute atomic E-state index is 0.0494. The number of rotatable bonds is 6. The minimum Gasteiger partial charge on any atom is -0.280 e. The van der Waals surface area contributed by atoms with Crippen LogP contribution in [0.5, 0.6) is 0 Å². The highest BCUT2D eigenvalue weighted by atomic mass is 32.2. The molecule has 9 nitrogen and oxygen atoms in total. The average molecular weight is 492 g/mol. The molecule has 0 saturated carbocycles. The van der Waals surface area contributed by atoms with E-state index in [9.17, 15) is 26.4 Å². The molecule has 2 aliphatic heterocycles. The average Bonchev–Trinajstić information content (AvgIpc) is 2.97. The Kier molecular flexibility index (Phi) is 6.55. The fraction of sp³-hybridized carbons (Fsp3) is 0.364. The second-order valence-electron chi connectivity index (χ2n) is 8.06. The number of sulfonamides is 2. The first-order valence-electron chi connectivity index (χ1n) is 10.8. The highest BCUT2D eigenvalue weighted by molar-refractivity contribution is 7.92.